The van der Waals surface area contributed by atoms with Gasteiger partial charge >= 0.3 is 11.9 Å². The third-order valence-corrected chi connectivity index (χ3v) is 4.38. The number of carbonyl (C=O) groups is 3. The Kier molecular flexibility index (Phi) is 5.44. The number of carbonyl (C=O) groups excluding carboxylic acids is 3. The predicted molar refractivity (Wildman–Crippen MR) is 94.0 cm³/mol. The topological polar surface area (TPSA) is 98.7 Å². The highest BCUT2D eigenvalue weighted by Crippen LogP contribution is 2.19. The van der Waals surface area contributed by atoms with Gasteiger partial charge in [0.25, 0.3) is 0 Å². The second-order valence-electron chi connectivity index (χ2n) is 6.08. The number of nitrogens with zero attached hydrogens (tertiary/aromatic N) is 3. The number of hydrogen-bond donors (Lipinski definition) is 0. The molecule has 0 saturated carbocycles. The lowest BCUT2D eigenvalue weighted by Gasteiger charge is -2.28. The number of rotatable bonds is 4. The van der Waals surface area contributed by atoms with Crippen molar-refractivity contribution in [1.29, 1.82) is 0 Å². The molecule has 3 rings (SSSR count). The van der Waals surface area contributed by atoms with E-state index in [2.05, 4.69) is 14.7 Å². The Bertz CT molecular complexity index is 879. The highest BCUT2D eigenvalue weighted by Gasteiger charge is 2.23. The van der Waals surface area contributed by atoms with E-state index in [0.717, 1.165) is 5.56 Å². The number of hydrogen-bond acceptors (Lipinski definition) is 7. The predicted octanol–water partition coefficient (Wildman–Crippen LogP) is 1.18. The Morgan fingerprint density at radius 3 is 2.41 bits per heavy atom. The molecule has 0 saturated heterocycles. The molecule has 1 aliphatic rings. The smallest absolute Gasteiger partial charge is 0.356 e. The van der Waals surface area contributed by atoms with Crippen LogP contribution in [0, 0.1) is 0 Å². The van der Waals surface area contributed by atoms with E-state index in [1.54, 1.807) is 17.0 Å². The van der Waals surface area contributed by atoms with Crippen molar-refractivity contribution in [2.45, 2.75) is 19.4 Å². The summed E-state index contributed by atoms with van der Waals surface area (Å²) in [5.74, 6) is -1.09. The molecule has 8 heteroatoms. The van der Waals surface area contributed by atoms with Crippen molar-refractivity contribution in [3.05, 3.63) is 58.7 Å². The summed E-state index contributed by atoms with van der Waals surface area (Å²) in [7, 11) is 2.59. The Labute approximate surface area is 156 Å². The first-order valence-corrected chi connectivity index (χ1v) is 8.40. The second kappa shape index (κ2) is 7.94. The van der Waals surface area contributed by atoms with Crippen LogP contribution in [0.2, 0.25) is 0 Å². The molecule has 27 heavy (non-hydrogen) atoms. The van der Waals surface area contributed by atoms with Crippen LogP contribution in [0.4, 0.5) is 0 Å². The minimum Gasteiger partial charge on any atom is -0.464 e. The van der Waals surface area contributed by atoms with Gasteiger partial charge in [-0.1, -0.05) is 12.1 Å². The van der Waals surface area contributed by atoms with Gasteiger partial charge in [0.1, 0.15) is 11.4 Å². The summed E-state index contributed by atoms with van der Waals surface area (Å²) in [4.78, 5) is 45.7. The molecule has 0 radical (unpaired) electrons. The van der Waals surface area contributed by atoms with E-state index in [1.165, 1.54) is 26.5 Å². The summed E-state index contributed by atoms with van der Waals surface area (Å²) in [6, 6.07) is 6.70. The summed E-state index contributed by atoms with van der Waals surface area (Å²) in [6.07, 6.45) is 2.34. The minimum atomic E-state index is -0.520. The zero-order chi connectivity index (χ0) is 19.4. The molecule has 0 spiro atoms. The van der Waals surface area contributed by atoms with Gasteiger partial charge < -0.3 is 14.4 Å². The first-order valence-electron chi connectivity index (χ1n) is 8.40. The van der Waals surface area contributed by atoms with Crippen LogP contribution in [0.3, 0.4) is 0 Å². The maximum atomic E-state index is 12.6. The zero-order valence-corrected chi connectivity index (χ0v) is 15.1. The number of ether oxygens (including phenoxy) is 2. The lowest BCUT2D eigenvalue weighted by Crippen LogP contribution is -2.37. The van der Waals surface area contributed by atoms with Gasteiger partial charge in [-0.15, -0.1) is 0 Å². The summed E-state index contributed by atoms with van der Waals surface area (Å²) < 4.78 is 9.30. The Balaban J connectivity index is 1.68. The highest BCUT2D eigenvalue weighted by atomic mass is 16.5. The first kappa shape index (κ1) is 18.5. The molecule has 3 heterocycles. The standard InChI is InChI=1S/C19H19N3O5/c1-26-18(24)14-5-3-12(10-20-14)9-17(23)22-8-7-13-4-6-15(19(25)27-2)21-16(13)11-22/h3-6,10H,7-9,11H2,1-2H3. The molecular weight excluding hydrogens is 350 g/mol. The van der Waals surface area contributed by atoms with Crippen molar-refractivity contribution in [3.8, 4) is 0 Å². The van der Waals surface area contributed by atoms with Gasteiger partial charge in [-0.05, 0) is 29.7 Å². The molecule has 0 unspecified atom stereocenters. The van der Waals surface area contributed by atoms with Crippen molar-refractivity contribution >= 4 is 17.8 Å². The van der Waals surface area contributed by atoms with Gasteiger partial charge in [0.2, 0.25) is 5.91 Å². The Morgan fingerprint density at radius 2 is 1.74 bits per heavy atom. The molecular formula is C19H19N3O5. The number of esters is 2. The van der Waals surface area contributed by atoms with Crippen LogP contribution in [-0.4, -0.2) is 53.5 Å². The molecule has 140 valence electrons. The molecule has 0 N–H and O–H groups in total. The Hall–Kier alpha value is -3.29. The van der Waals surface area contributed by atoms with Gasteiger partial charge in [-0.2, -0.15) is 0 Å². The third-order valence-electron chi connectivity index (χ3n) is 4.38. The van der Waals surface area contributed by atoms with E-state index >= 15 is 0 Å². The number of aromatic nitrogens is 2. The van der Waals surface area contributed by atoms with Gasteiger partial charge in [-0.25, -0.2) is 19.6 Å². The summed E-state index contributed by atoms with van der Waals surface area (Å²) in [5, 5.41) is 0. The van der Waals surface area contributed by atoms with Crippen LogP contribution in [-0.2, 0) is 33.7 Å². The van der Waals surface area contributed by atoms with Gasteiger partial charge in [0, 0.05) is 12.7 Å². The van der Waals surface area contributed by atoms with Crippen molar-refractivity contribution in [2.24, 2.45) is 0 Å². The lowest BCUT2D eigenvalue weighted by molar-refractivity contribution is -0.131. The van der Waals surface area contributed by atoms with E-state index in [1.807, 2.05) is 6.07 Å². The molecule has 0 aromatic carbocycles. The largest absolute Gasteiger partial charge is 0.464 e. The fraction of sp³-hybridized carbons (Fsp3) is 0.316. The zero-order valence-electron chi connectivity index (χ0n) is 15.1. The van der Waals surface area contributed by atoms with Gasteiger partial charge in [-0.3, -0.25) is 4.79 Å². The second-order valence-corrected chi connectivity index (χ2v) is 6.08. The molecule has 2 aromatic heterocycles. The molecule has 0 aliphatic carbocycles. The number of amides is 1. The number of methoxy groups -OCH3 is 2. The van der Waals surface area contributed by atoms with Crippen molar-refractivity contribution in [1.82, 2.24) is 14.9 Å². The molecule has 1 amide bonds. The van der Waals surface area contributed by atoms with Crippen LogP contribution < -0.4 is 0 Å². The monoisotopic (exact) mass is 369 g/mol. The molecule has 0 bridgehead atoms. The van der Waals surface area contributed by atoms with E-state index < -0.39 is 11.9 Å². The van der Waals surface area contributed by atoms with Crippen molar-refractivity contribution in [3.63, 3.8) is 0 Å². The summed E-state index contributed by atoms with van der Waals surface area (Å²) in [5.41, 5.74) is 2.86. The molecule has 0 atom stereocenters. The minimum absolute atomic E-state index is 0.0708. The molecule has 8 nitrogen and oxygen atoms in total. The van der Waals surface area contributed by atoms with E-state index in [4.69, 9.17) is 4.74 Å². The fourth-order valence-electron chi connectivity index (χ4n) is 2.88. The SMILES string of the molecule is COC(=O)c1ccc(CC(=O)N2CCc3ccc(C(=O)OC)nc3C2)cn1. The summed E-state index contributed by atoms with van der Waals surface area (Å²) >= 11 is 0. The quantitative estimate of drug-likeness (QED) is 0.746. The number of fused-ring (bicyclic) bond motifs is 1. The average Bonchev–Trinajstić information content (AvgIpc) is 2.72. The summed E-state index contributed by atoms with van der Waals surface area (Å²) in [6.45, 7) is 0.922. The fourth-order valence-corrected chi connectivity index (χ4v) is 2.88. The van der Waals surface area contributed by atoms with Crippen LogP contribution in [0.15, 0.2) is 30.5 Å². The normalized spacial score (nSPS) is 12.9. The first-order chi connectivity index (χ1) is 13.0. The maximum absolute atomic E-state index is 12.6. The lowest BCUT2D eigenvalue weighted by atomic mass is 10.0. The van der Waals surface area contributed by atoms with Crippen LogP contribution in [0.5, 0.6) is 0 Å². The maximum Gasteiger partial charge on any atom is 0.356 e. The van der Waals surface area contributed by atoms with Crippen LogP contribution >= 0.6 is 0 Å². The van der Waals surface area contributed by atoms with Gasteiger partial charge in [0.05, 0.1) is 32.9 Å². The highest BCUT2D eigenvalue weighted by molar-refractivity contribution is 5.87. The van der Waals surface area contributed by atoms with Crippen LogP contribution in [0.1, 0.15) is 37.8 Å². The van der Waals surface area contributed by atoms with Crippen LogP contribution in [0.25, 0.3) is 0 Å². The third kappa shape index (κ3) is 4.11. The van der Waals surface area contributed by atoms with E-state index in [0.29, 0.717) is 30.8 Å². The molecule has 1 aliphatic heterocycles. The van der Waals surface area contributed by atoms with E-state index in [-0.39, 0.29) is 23.7 Å². The number of pyridine rings is 2. The van der Waals surface area contributed by atoms with Crippen molar-refractivity contribution < 1.29 is 23.9 Å². The van der Waals surface area contributed by atoms with Gasteiger partial charge in [0.15, 0.2) is 0 Å². The Morgan fingerprint density at radius 1 is 1.04 bits per heavy atom. The molecule has 0 fully saturated rings. The van der Waals surface area contributed by atoms with E-state index in [9.17, 15) is 14.4 Å². The van der Waals surface area contributed by atoms with Crippen molar-refractivity contribution in [2.75, 3.05) is 20.8 Å². The molecule has 2 aromatic rings. The average molecular weight is 369 g/mol.